The van der Waals surface area contributed by atoms with Gasteiger partial charge >= 0.3 is 6.18 Å². The number of alkyl halides is 3. The third-order valence-corrected chi connectivity index (χ3v) is 1.69. The molecule has 0 rings (SSSR count). The van der Waals surface area contributed by atoms with Crippen LogP contribution >= 0.6 is 0 Å². The molecule has 0 saturated carbocycles. The molecule has 0 aromatic heterocycles. The lowest BCUT2D eigenvalue weighted by molar-refractivity contribution is -0.128. The first kappa shape index (κ1) is 14.2. The number of amides is 1. The Morgan fingerprint density at radius 1 is 1.47 bits per heavy atom. The maximum absolute atomic E-state index is 11.7. The van der Waals surface area contributed by atoms with E-state index < -0.39 is 31.2 Å². The predicted molar refractivity (Wildman–Crippen MR) is 48.2 cm³/mol. The van der Waals surface area contributed by atoms with E-state index >= 15 is 0 Å². The highest BCUT2D eigenvalue weighted by atomic mass is 19.4. The van der Waals surface area contributed by atoms with Crippen LogP contribution in [0.1, 0.15) is 13.3 Å². The van der Waals surface area contributed by atoms with Crippen molar-refractivity contribution in [1.82, 2.24) is 10.6 Å². The average Bonchev–Trinajstić information content (AvgIpc) is 2.12. The molecule has 0 saturated heterocycles. The van der Waals surface area contributed by atoms with E-state index in [9.17, 15) is 18.0 Å². The fraction of sp³-hybridized carbons (Fsp3) is 0.875. The van der Waals surface area contributed by atoms with Gasteiger partial charge in [-0.25, -0.2) is 0 Å². The van der Waals surface area contributed by atoms with E-state index in [2.05, 4.69) is 5.32 Å². The molecule has 3 N–H and O–H groups in total. The lowest BCUT2D eigenvalue weighted by atomic mass is 10.2. The van der Waals surface area contributed by atoms with Crippen molar-refractivity contribution in [2.75, 3.05) is 19.7 Å². The van der Waals surface area contributed by atoms with Gasteiger partial charge in [0.05, 0.1) is 25.7 Å². The number of aliphatic hydroxyl groups excluding tert-OH is 1. The summed E-state index contributed by atoms with van der Waals surface area (Å²) >= 11 is 0. The lowest BCUT2D eigenvalue weighted by Gasteiger charge is -2.14. The van der Waals surface area contributed by atoms with Crippen LogP contribution in [-0.2, 0) is 4.79 Å². The van der Waals surface area contributed by atoms with Crippen molar-refractivity contribution >= 4 is 5.91 Å². The van der Waals surface area contributed by atoms with E-state index in [-0.39, 0.29) is 6.61 Å². The van der Waals surface area contributed by atoms with Gasteiger partial charge in [-0.1, -0.05) is 6.92 Å². The number of carbonyl (C=O) groups is 1. The van der Waals surface area contributed by atoms with E-state index in [1.165, 1.54) is 0 Å². The maximum Gasteiger partial charge on any atom is 0.401 e. The average molecular weight is 228 g/mol. The van der Waals surface area contributed by atoms with Gasteiger partial charge in [0.25, 0.3) is 0 Å². The molecule has 1 unspecified atom stereocenters. The summed E-state index contributed by atoms with van der Waals surface area (Å²) in [5.41, 5.74) is 0. The maximum atomic E-state index is 11.7. The Balaban J connectivity index is 3.66. The van der Waals surface area contributed by atoms with Crippen LogP contribution < -0.4 is 10.6 Å². The Labute approximate surface area is 85.8 Å². The molecule has 0 aliphatic heterocycles. The first-order chi connectivity index (χ1) is 6.89. The van der Waals surface area contributed by atoms with Gasteiger partial charge in [0.1, 0.15) is 0 Å². The van der Waals surface area contributed by atoms with Crippen LogP contribution in [0.3, 0.4) is 0 Å². The van der Waals surface area contributed by atoms with Gasteiger partial charge in [-0.3, -0.25) is 4.79 Å². The minimum absolute atomic E-state index is 0.221. The van der Waals surface area contributed by atoms with Crippen LogP contribution in [0.15, 0.2) is 0 Å². The molecule has 0 spiro atoms. The molecule has 4 nitrogen and oxygen atoms in total. The molecule has 0 aromatic carbocycles. The summed E-state index contributed by atoms with van der Waals surface area (Å²) in [6.07, 6.45) is -3.79. The van der Waals surface area contributed by atoms with E-state index in [1.54, 1.807) is 6.92 Å². The monoisotopic (exact) mass is 228 g/mol. The summed E-state index contributed by atoms with van der Waals surface area (Å²) in [7, 11) is 0. The molecule has 1 atom stereocenters. The summed E-state index contributed by atoms with van der Waals surface area (Å²) in [6, 6.07) is -0.398. The molecule has 1 amide bonds. The minimum atomic E-state index is -4.32. The molecule has 15 heavy (non-hydrogen) atoms. The highest BCUT2D eigenvalue weighted by molar-refractivity contribution is 5.78. The molecule has 7 heteroatoms. The van der Waals surface area contributed by atoms with Gasteiger partial charge < -0.3 is 15.7 Å². The fourth-order valence-electron chi connectivity index (χ4n) is 0.873. The van der Waals surface area contributed by atoms with Crippen LogP contribution in [0, 0.1) is 0 Å². The van der Waals surface area contributed by atoms with Gasteiger partial charge in [0.2, 0.25) is 5.91 Å². The molecule has 0 fully saturated rings. The third kappa shape index (κ3) is 8.19. The van der Waals surface area contributed by atoms with E-state index in [1.807, 2.05) is 5.32 Å². The zero-order chi connectivity index (χ0) is 11.9. The number of hydrogen-bond donors (Lipinski definition) is 3. The van der Waals surface area contributed by atoms with Gasteiger partial charge in [-0.2, -0.15) is 13.2 Å². The molecule has 0 aliphatic carbocycles. The van der Waals surface area contributed by atoms with Crippen molar-refractivity contribution < 1.29 is 23.1 Å². The summed E-state index contributed by atoms with van der Waals surface area (Å²) < 4.78 is 35.0. The summed E-state index contributed by atoms with van der Waals surface area (Å²) in [5, 5.41) is 13.1. The first-order valence-electron chi connectivity index (χ1n) is 4.56. The van der Waals surface area contributed by atoms with Crippen LogP contribution in [0.2, 0.25) is 0 Å². The van der Waals surface area contributed by atoms with Crippen molar-refractivity contribution in [3.8, 4) is 0 Å². The van der Waals surface area contributed by atoms with Gasteiger partial charge in [0.15, 0.2) is 0 Å². The van der Waals surface area contributed by atoms with Crippen LogP contribution in [0.5, 0.6) is 0 Å². The largest absolute Gasteiger partial charge is 0.401 e. The molecule has 0 radical (unpaired) electrons. The Bertz CT molecular complexity index is 193. The lowest BCUT2D eigenvalue weighted by Crippen LogP contribution is -2.43. The summed E-state index contributed by atoms with van der Waals surface area (Å²) in [4.78, 5) is 11.0. The number of aliphatic hydroxyl groups is 1. The third-order valence-electron chi connectivity index (χ3n) is 1.69. The normalized spacial score (nSPS) is 13.7. The second-order valence-electron chi connectivity index (χ2n) is 3.07. The number of hydrogen-bond acceptors (Lipinski definition) is 3. The number of halogens is 3. The van der Waals surface area contributed by atoms with Crippen molar-refractivity contribution in [3.63, 3.8) is 0 Å². The molecular weight excluding hydrogens is 213 g/mol. The summed E-state index contributed by atoms with van der Waals surface area (Å²) in [5.74, 6) is -0.555. The molecular formula is C8H15F3N2O2. The van der Waals surface area contributed by atoms with Gasteiger partial charge in [-0.15, -0.1) is 0 Å². The highest BCUT2D eigenvalue weighted by Crippen LogP contribution is 2.11. The highest BCUT2D eigenvalue weighted by Gasteiger charge is 2.26. The molecule has 0 aliphatic rings. The molecule has 90 valence electrons. The standard InChI is InChI=1S/C8H15F3N2O2/c1-2-6(4-14)13-7(15)3-12-5-8(9,10)11/h6,12,14H,2-5H2,1H3,(H,13,15). The van der Waals surface area contributed by atoms with E-state index in [4.69, 9.17) is 5.11 Å². The Hall–Kier alpha value is -0.820. The minimum Gasteiger partial charge on any atom is -0.394 e. The molecule has 0 heterocycles. The zero-order valence-electron chi connectivity index (χ0n) is 8.40. The van der Waals surface area contributed by atoms with Crippen LogP contribution in [0.4, 0.5) is 13.2 Å². The second kappa shape index (κ2) is 6.62. The SMILES string of the molecule is CCC(CO)NC(=O)CNCC(F)(F)F. The number of nitrogens with one attached hydrogen (secondary N) is 2. The van der Waals surface area contributed by atoms with Crippen molar-refractivity contribution in [2.24, 2.45) is 0 Å². The van der Waals surface area contributed by atoms with Crippen molar-refractivity contribution in [3.05, 3.63) is 0 Å². The van der Waals surface area contributed by atoms with Crippen LogP contribution in [-0.4, -0.2) is 42.9 Å². The van der Waals surface area contributed by atoms with E-state index in [0.29, 0.717) is 6.42 Å². The Morgan fingerprint density at radius 3 is 2.47 bits per heavy atom. The number of rotatable bonds is 6. The smallest absolute Gasteiger partial charge is 0.394 e. The number of carbonyl (C=O) groups excluding carboxylic acids is 1. The summed E-state index contributed by atoms with van der Waals surface area (Å²) in [6.45, 7) is -0.0713. The predicted octanol–water partition coefficient (Wildman–Crippen LogP) is 0.0254. The van der Waals surface area contributed by atoms with Crippen molar-refractivity contribution in [1.29, 1.82) is 0 Å². The van der Waals surface area contributed by atoms with Gasteiger partial charge in [-0.05, 0) is 6.42 Å². The Kier molecular flexibility index (Phi) is 6.26. The van der Waals surface area contributed by atoms with Crippen molar-refractivity contribution in [2.45, 2.75) is 25.6 Å². The topological polar surface area (TPSA) is 61.4 Å². The van der Waals surface area contributed by atoms with Crippen LogP contribution in [0.25, 0.3) is 0 Å². The first-order valence-corrected chi connectivity index (χ1v) is 4.56. The fourth-order valence-corrected chi connectivity index (χ4v) is 0.873. The Morgan fingerprint density at radius 2 is 2.07 bits per heavy atom. The molecule has 0 bridgehead atoms. The molecule has 0 aromatic rings. The quantitative estimate of drug-likeness (QED) is 0.601. The zero-order valence-corrected chi connectivity index (χ0v) is 8.40. The van der Waals surface area contributed by atoms with E-state index in [0.717, 1.165) is 0 Å². The van der Waals surface area contributed by atoms with Gasteiger partial charge in [0, 0.05) is 0 Å². The second-order valence-corrected chi connectivity index (χ2v) is 3.07.